The van der Waals surface area contributed by atoms with Gasteiger partial charge in [0.25, 0.3) is 5.91 Å². The first-order valence-corrected chi connectivity index (χ1v) is 11.0. The number of aromatic nitrogens is 3. The molecule has 0 aromatic carbocycles. The number of aromatic amines is 1. The molecule has 0 radical (unpaired) electrons. The standard InChI is InChI=1S/C19H26ClN5O4S/c1-5-10-15(20)24-16(21-10)17(26)22-11-6-7-25(8-12(11)29-4)19-23-13(9(2)3)14(30-19)18(27)28/h9,11-12H,5-8H2,1-4H3,(H,21,24)(H,22,26)(H,27,28). The third-order valence-electron chi connectivity index (χ3n) is 5.13. The summed E-state index contributed by atoms with van der Waals surface area (Å²) in [4.78, 5) is 38.0. The van der Waals surface area contributed by atoms with E-state index < -0.39 is 5.97 Å². The van der Waals surface area contributed by atoms with E-state index >= 15 is 0 Å². The van der Waals surface area contributed by atoms with Gasteiger partial charge in [0, 0.05) is 20.2 Å². The molecule has 1 aliphatic rings. The molecule has 2 atom stereocenters. The van der Waals surface area contributed by atoms with E-state index in [4.69, 9.17) is 16.3 Å². The summed E-state index contributed by atoms with van der Waals surface area (Å²) in [5, 5.41) is 13.4. The smallest absolute Gasteiger partial charge is 0.347 e. The molecule has 2 unspecified atom stereocenters. The van der Waals surface area contributed by atoms with Crippen LogP contribution in [0.5, 0.6) is 0 Å². The van der Waals surface area contributed by atoms with E-state index in [-0.39, 0.29) is 34.7 Å². The summed E-state index contributed by atoms with van der Waals surface area (Å²) in [5.41, 5.74) is 1.31. The maximum Gasteiger partial charge on any atom is 0.347 e. The van der Waals surface area contributed by atoms with Crippen LogP contribution in [0.1, 0.15) is 64.8 Å². The van der Waals surface area contributed by atoms with Crippen LogP contribution >= 0.6 is 22.9 Å². The lowest BCUT2D eigenvalue weighted by molar-refractivity contribution is 0.0538. The molecule has 1 aliphatic heterocycles. The lowest BCUT2D eigenvalue weighted by Crippen LogP contribution is -2.55. The third-order valence-corrected chi connectivity index (χ3v) is 6.56. The second-order valence-electron chi connectivity index (χ2n) is 7.47. The van der Waals surface area contributed by atoms with Gasteiger partial charge in [-0.1, -0.05) is 43.7 Å². The van der Waals surface area contributed by atoms with Crippen molar-refractivity contribution < 1.29 is 19.4 Å². The molecule has 2 aromatic heterocycles. The zero-order valence-electron chi connectivity index (χ0n) is 17.4. The number of nitrogens with zero attached hydrogens (tertiary/aromatic N) is 3. The second kappa shape index (κ2) is 9.32. The van der Waals surface area contributed by atoms with Gasteiger partial charge in [0.05, 0.1) is 23.5 Å². The highest BCUT2D eigenvalue weighted by atomic mass is 35.5. The van der Waals surface area contributed by atoms with E-state index in [1.165, 1.54) is 11.3 Å². The van der Waals surface area contributed by atoms with Gasteiger partial charge in [-0.05, 0) is 18.8 Å². The van der Waals surface area contributed by atoms with E-state index in [0.717, 1.165) is 5.69 Å². The summed E-state index contributed by atoms with van der Waals surface area (Å²) in [7, 11) is 1.59. The van der Waals surface area contributed by atoms with Crippen LogP contribution in [0.3, 0.4) is 0 Å². The monoisotopic (exact) mass is 455 g/mol. The summed E-state index contributed by atoms with van der Waals surface area (Å²) in [6.45, 7) is 6.89. The number of piperidine rings is 1. The summed E-state index contributed by atoms with van der Waals surface area (Å²) in [6, 6.07) is -0.212. The second-order valence-corrected chi connectivity index (χ2v) is 8.80. The van der Waals surface area contributed by atoms with Crippen LogP contribution in [0.15, 0.2) is 0 Å². The Morgan fingerprint density at radius 3 is 2.70 bits per heavy atom. The quantitative estimate of drug-likeness (QED) is 0.586. The van der Waals surface area contributed by atoms with Crippen LogP contribution in [0.2, 0.25) is 5.15 Å². The molecular formula is C19H26ClN5O4S. The normalized spacial score (nSPS) is 19.3. The van der Waals surface area contributed by atoms with Gasteiger partial charge >= 0.3 is 5.97 Å². The van der Waals surface area contributed by atoms with Crippen molar-refractivity contribution in [2.75, 3.05) is 25.1 Å². The Bertz CT molecular complexity index is 928. The molecule has 1 fully saturated rings. The molecule has 3 rings (SSSR count). The number of anilines is 1. The molecule has 0 aliphatic carbocycles. The zero-order valence-corrected chi connectivity index (χ0v) is 18.9. The molecule has 0 saturated carbocycles. The number of amides is 1. The zero-order chi connectivity index (χ0) is 22.0. The van der Waals surface area contributed by atoms with Gasteiger partial charge in [-0.15, -0.1) is 0 Å². The van der Waals surface area contributed by atoms with Crippen LogP contribution in [-0.2, 0) is 11.2 Å². The minimum Gasteiger partial charge on any atom is -0.477 e. The van der Waals surface area contributed by atoms with E-state index in [1.807, 2.05) is 25.7 Å². The number of aromatic carboxylic acids is 1. The molecule has 2 aromatic rings. The summed E-state index contributed by atoms with van der Waals surface area (Å²) >= 11 is 7.21. The molecule has 9 nitrogen and oxygen atoms in total. The fourth-order valence-corrected chi connectivity index (χ4v) is 4.82. The number of aryl methyl sites for hydroxylation is 1. The number of hydrogen-bond donors (Lipinski definition) is 3. The number of methoxy groups -OCH3 is 1. The number of imidazole rings is 1. The van der Waals surface area contributed by atoms with Crippen molar-refractivity contribution in [2.45, 2.75) is 51.7 Å². The molecule has 1 amide bonds. The van der Waals surface area contributed by atoms with E-state index in [9.17, 15) is 14.7 Å². The molecule has 1 saturated heterocycles. The minimum absolute atomic E-state index is 0.0179. The van der Waals surface area contributed by atoms with Gasteiger partial charge in [0.15, 0.2) is 16.1 Å². The van der Waals surface area contributed by atoms with Crippen LogP contribution < -0.4 is 10.2 Å². The van der Waals surface area contributed by atoms with E-state index in [2.05, 4.69) is 20.3 Å². The summed E-state index contributed by atoms with van der Waals surface area (Å²) < 4.78 is 5.62. The fourth-order valence-electron chi connectivity index (χ4n) is 3.46. The molecular weight excluding hydrogens is 430 g/mol. The first kappa shape index (κ1) is 22.5. The highest BCUT2D eigenvalue weighted by Crippen LogP contribution is 2.32. The molecule has 3 N–H and O–H groups in total. The molecule has 0 bridgehead atoms. The molecule has 0 spiro atoms. The Kier molecular flexibility index (Phi) is 6.99. The van der Waals surface area contributed by atoms with Gasteiger partial charge in [-0.2, -0.15) is 0 Å². The van der Waals surface area contributed by atoms with Gasteiger partial charge in [-0.3, -0.25) is 4.79 Å². The number of carbonyl (C=O) groups is 2. The lowest BCUT2D eigenvalue weighted by Gasteiger charge is -2.37. The Morgan fingerprint density at radius 1 is 1.43 bits per heavy atom. The van der Waals surface area contributed by atoms with Crippen molar-refractivity contribution in [3.8, 4) is 0 Å². The number of H-pyrrole nitrogens is 1. The van der Waals surface area contributed by atoms with Gasteiger partial charge in [0.1, 0.15) is 4.88 Å². The first-order chi connectivity index (χ1) is 14.2. The molecule has 3 heterocycles. The number of carboxylic acid groups (broad SMARTS) is 1. The van der Waals surface area contributed by atoms with Crippen LogP contribution in [-0.4, -0.2) is 64.3 Å². The predicted octanol–water partition coefficient (Wildman–Crippen LogP) is 2.93. The highest BCUT2D eigenvalue weighted by Gasteiger charge is 2.33. The topological polar surface area (TPSA) is 120 Å². The van der Waals surface area contributed by atoms with Crippen LogP contribution in [0.25, 0.3) is 0 Å². The number of carbonyl (C=O) groups excluding carboxylic acids is 1. The maximum absolute atomic E-state index is 12.6. The van der Waals surface area contributed by atoms with Crippen molar-refractivity contribution in [3.63, 3.8) is 0 Å². The van der Waals surface area contributed by atoms with E-state index in [0.29, 0.717) is 41.9 Å². The maximum atomic E-state index is 12.6. The highest BCUT2D eigenvalue weighted by molar-refractivity contribution is 7.17. The van der Waals surface area contributed by atoms with Gasteiger partial charge < -0.3 is 25.0 Å². The SMILES string of the molecule is CCc1[nH]c(C(=O)NC2CCN(c3nc(C(C)C)c(C(=O)O)s3)CC2OC)nc1Cl. The van der Waals surface area contributed by atoms with Gasteiger partial charge in [-0.25, -0.2) is 14.8 Å². The fraction of sp³-hybridized carbons (Fsp3) is 0.579. The number of rotatable bonds is 7. The third kappa shape index (κ3) is 4.60. The van der Waals surface area contributed by atoms with Crippen LogP contribution in [0, 0.1) is 0 Å². The predicted molar refractivity (Wildman–Crippen MR) is 115 cm³/mol. The van der Waals surface area contributed by atoms with Crippen molar-refractivity contribution >= 4 is 39.9 Å². The Labute approximate surface area is 183 Å². The number of hydrogen-bond acceptors (Lipinski definition) is 7. The molecule has 11 heteroatoms. The average molecular weight is 456 g/mol. The molecule has 30 heavy (non-hydrogen) atoms. The van der Waals surface area contributed by atoms with Gasteiger partial charge in [0.2, 0.25) is 0 Å². The number of halogens is 1. The number of nitrogens with one attached hydrogen (secondary N) is 2. The van der Waals surface area contributed by atoms with Crippen molar-refractivity contribution in [3.05, 3.63) is 27.2 Å². The average Bonchev–Trinajstić information content (AvgIpc) is 3.32. The number of ether oxygens (including phenoxy) is 1. The lowest BCUT2D eigenvalue weighted by atomic mass is 10.0. The van der Waals surface area contributed by atoms with E-state index in [1.54, 1.807) is 7.11 Å². The Hall–Kier alpha value is -2.17. The molecule has 164 valence electrons. The number of thiazole rings is 1. The Balaban J connectivity index is 1.71. The largest absolute Gasteiger partial charge is 0.477 e. The summed E-state index contributed by atoms with van der Waals surface area (Å²) in [5.74, 6) is -1.09. The van der Waals surface area contributed by atoms with Crippen LogP contribution in [0.4, 0.5) is 5.13 Å². The number of carboxylic acids is 1. The van der Waals surface area contributed by atoms with Crippen molar-refractivity contribution in [1.29, 1.82) is 0 Å². The summed E-state index contributed by atoms with van der Waals surface area (Å²) in [6.07, 6.45) is 1.000. The Morgan fingerprint density at radius 2 is 2.17 bits per heavy atom. The van der Waals surface area contributed by atoms with Crippen molar-refractivity contribution in [2.24, 2.45) is 0 Å². The minimum atomic E-state index is -0.962. The first-order valence-electron chi connectivity index (χ1n) is 9.82. The van der Waals surface area contributed by atoms with Crippen molar-refractivity contribution in [1.82, 2.24) is 20.3 Å².